The molecule has 1 amide bonds. The predicted octanol–water partition coefficient (Wildman–Crippen LogP) is 2.06. The molecule has 0 aromatic heterocycles. The highest BCUT2D eigenvalue weighted by Crippen LogP contribution is 2.23. The summed E-state index contributed by atoms with van der Waals surface area (Å²) >= 11 is 0. The maximum absolute atomic E-state index is 12.3. The van der Waals surface area contributed by atoms with Gasteiger partial charge in [-0.05, 0) is 32.6 Å². The van der Waals surface area contributed by atoms with Crippen LogP contribution in [0.25, 0.3) is 0 Å². The number of hydrogen-bond donors (Lipinski definition) is 1. The smallest absolute Gasteiger partial charge is 0.239 e. The van der Waals surface area contributed by atoms with Crippen molar-refractivity contribution in [1.82, 2.24) is 10.2 Å². The topological polar surface area (TPSA) is 56.1 Å². The van der Waals surface area contributed by atoms with E-state index in [0.717, 1.165) is 45.2 Å². The fourth-order valence-electron chi connectivity index (χ4n) is 3.27. The van der Waals surface area contributed by atoms with Crippen LogP contribution >= 0.6 is 0 Å². The average molecular weight is 263 g/mol. The molecule has 19 heavy (non-hydrogen) atoms. The first-order chi connectivity index (χ1) is 9.22. The number of rotatable bonds is 3. The first-order valence-corrected chi connectivity index (χ1v) is 7.67. The third-order valence-electron chi connectivity index (χ3n) is 4.43. The Morgan fingerprint density at radius 3 is 2.58 bits per heavy atom. The van der Waals surface area contributed by atoms with E-state index in [2.05, 4.69) is 11.4 Å². The molecule has 1 saturated carbocycles. The monoisotopic (exact) mass is 263 g/mol. The number of amides is 1. The molecule has 4 heteroatoms. The lowest BCUT2D eigenvalue weighted by molar-refractivity contribution is -0.132. The summed E-state index contributed by atoms with van der Waals surface area (Å²) < 4.78 is 0. The van der Waals surface area contributed by atoms with E-state index in [1.165, 1.54) is 12.8 Å². The van der Waals surface area contributed by atoms with Gasteiger partial charge in [0.05, 0.1) is 18.0 Å². The molecule has 0 bridgehead atoms. The van der Waals surface area contributed by atoms with Crippen molar-refractivity contribution in [3.05, 3.63) is 0 Å². The van der Waals surface area contributed by atoms with E-state index >= 15 is 0 Å². The Balaban J connectivity index is 1.90. The van der Waals surface area contributed by atoms with Crippen molar-refractivity contribution in [3.63, 3.8) is 0 Å². The lowest BCUT2D eigenvalue weighted by atomic mass is 9.95. The zero-order chi connectivity index (χ0) is 13.7. The van der Waals surface area contributed by atoms with E-state index in [0.29, 0.717) is 0 Å². The second kappa shape index (κ2) is 6.91. The summed E-state index contributed by atoms with van der Waals surface area (Å²) in [5.74, 6) is 0.273. The van der Waals surface area contributed by atoms with Crippen molar-refractivity contribution in [1.29, 1.82) is 5.26 Å². The number of carbonyl (C=O) groups excluding carboxylic acids is 1. The molecule has 0 aromatic carbocycles. The van der Waals surface area contributed by atoms with Gasteiger partial charge < -0.3 is 10.2 Å². The molecule has 1 heterocycles. The van der Waals surface area contributed by atoms with Crippen molar-refractivity contribution in [3.8, 4) is 6.07 Å². The summed E-state index contributed by atoms with van der Waals surface area (Å²) in [6.45, 7) is 3.74. The van der Waals surface area contributed by atoms with E-state index < -0.39 is 0 Å². The maximum atomic E-state index is 12.3. The molecule has 2 rings (SSSR count). The van der Waals surface area contributed by atoms with E-state index in [-0.39, 0.29) is 23.9 Å². The zero-order valence-corrected chi connectivity index (χ0v) is 11.9. The molecule has 0 spiro atoms. The van der Waals surface area contributed by atoms with E-state index in [4.69, 9.17) is 0 Å². The maximum Gasteiger partial charge on any atom is 0.239 e. The molecule has 3 unspecified atom stereocenters. The summed E-state index contributed by atoms with van der Waals surface area (Å²) in [7, 11) is 0. The second-order valence-electron chi connectivity index (χ2n) is 5.90. The van der Waals surface area contributed by atoms with E-state index in [1.807, 2.05) is 11.8 Å². The Morgan fingerprint density at radius 2 is 1.89 bits per heavy atom. The summed E-state index contributed by atoms with van der Waals surface area (Å²) in [4.78, 5) is 14.2. The van der Waals surface area contributed by atoms with Crippen LogP contribution in [0.3, 0.4) is 0 Å². The summed E-state index contributed by atoms with van der Waals surface area (Å²) in [5.41, 5.74) is 0. The molecule has 3 atom stereocenters. The minimum absolute atomic E-state index is 0.0660. The SMILES string of the molecule is CC(NC1CCCCCC1C#N)C(=O)N1CCCC1. The van der Waals surface area contributed by atoms with Gasteiger partial charge in [0.15, 0.2) is 0 Å². The third kappa shape index (κ3) is 3.70. The van der Waals surface area contributed by atoms with Crippen LogP contribution in [0.1, 0.15) is 51.9 Å². The fraction of sp³-hybridized carbons (Fsp3) is 0.867. The van der Waals surface area contributed by atoms with Crippen LogP contribution in [-0.2, 0) is 4.79 Å². The molecule has 1 saturated heterocycles. The predicted molar refractivity (Wildman–Crippen MR) is 74.4 cm³/mol. The van der Waals surface area contributed by atoms with Crippen molar-refractivity contribution in [2.45, 2.75) is 64.0 Å². The number of hydrogen-bond acceptors (Lipinski definition) is 3. The van der Waals surface area contributed by atoms with Crippen LogP contribution in [0.2, 0.25) is 0 Å². The van der Waals surface area contributed by atoms with Crippen molar-refractivity contribution in [2.24, 2.45) is 5.92 Å². The van der Waals surface area contributed by atoms with Gasteiger partial charge in [-0.25, -0.2) is 0 Å². The fourth-order valence-corrected chi connectivity index (χ4v) is 3.27. The second-order valence-corrected chi connectivity index (χ2v) is 5.90. The lowest BCUT2D eigenvalue weighted by Crippen LogP contribution is -2.49. The first kappa shape index (κ1) is 14.3. The number of nitrogens with zero attached hydrogens (tertiary/aromatic N) is 2. The van der Waals surface area contributed by atoms with Crippen molar-refractivity contribution >= 4 is 5.91 Å². The van der Waals surface area contributed by atoms with Gasteiger partial charge in [0.25, 0.3) is 0 Å². The van der Waals surface area contributed by atoms with Gasteiger partial charge in [-0.1, -0.05) is 19.3 Å². The minimum Gasteiger partial charge on any atom is -0.341 e. The molecular weight excluding hydrogens is 238 g/mol. The summed E-state index contributed by atoms with van der Waals surface area (Å²) in [5, 5.41) is 12.7. The van der Waals surface area contributed by atoms with Crippen molar-refractivity contribution in [2.75, 3.05) is 13.1 Å². The third-order valence-corrected chi connectivity index (χ3v) is 4.43. The van der Waals surface area contributed by atoms with Crippen LogP contribution in [0.15, 0.2) is 0 Å². The van der Waals surface area contributed by atoms with Crippen molar-refractivity contribution < 1.29 is 4.79 Å². The van der Waals surface area contributed by atoms with Crippen LogP contribution in [-0.4, -0.2) is 36.0 Å². The Labute approximate surface area is 116 Å². The molecule has 0 aromatic rings. The number of nitrogens with one attached hydrogen (secondary N) is 1. The molecular formula is C15H25N3O. The average Bonchev–Trinajstić information content (AvgIpc) is 2.86. The molecule has 0 radical (unpaired) electrons. The molecule has 2 fully saturated rings. The number of nitriles is 1. The Kier molecular flexibility index (Phi) is 5.21. The van der Waals surface area contributed by atoms with Crippen LogP contribution in [0.5, 0.6) is 0 Å². The standard InChI is InChI=1S/C15H25N3O/c1-12(15(19)18-9-5-6-10-18)17-14-8-4-2-3-7-13(14)11-16/h12-14,17H,2-10H2,1H3. The number of likely N-dealkylation sites (tertiary alicyclic amines) is 1. The molecule has 1 N–H and O–H groups in total. The molecule has 2 aliphatic rings. The zero-order valence-electron chi connectivity index (χ0n) is 11.9. The number of carbonyl (C=O) groups is 1. The van der Waals surface area contributed by atoms with Gasteiger partial charge in [-0.2, -0.15) is 5.26 Å². The van der Waals surface area contributed by atoms with Gasteiger partial charge in [0, 0.05) is 19.1 Å². The molecule has 4 nitrogen and oxygen atoms in total. The minimum atomic E-state index is -0.156. The van der Waals surface area contributed by atoms with Crippen LogP contribution in [0.4, 0.5) is 0 Å². The summed E-state index contributed by atoms with van der Waals surface area (Å²) in [6, 6.07) is 2.45. The Bertz CT molecular complexity index is 344. The van der Waals surface area contributed by atoms with E-state index in [9.17, 15) is 10.1 Å². The molecule has 1 aliphatic heterocycles. The Morgan fingerprint density at radius 1 is 1.21 bits per heavy atom. The highest BCUT2D eigenvalue weighted by Gasteiger charge is 2.29. The van der Waals surface area contributed by atoms with E-state index in [1.54, 1.807) is 0 Å². The highest BCUT2D eigenvalue weighted by atomic mass is 16.2. The lowest BCUT2D eigenvalue weighted by Gasteiger charge is -2.27. The van der Waals surface area contributed by atoms with Gasteiger partial charge >= 0.3 is 0 Å². The highest BCUT2D eigenvalue weighted by molar-refractivity contribution is 5.81. The Hall–Kier alpha value is -1.08. The normalized spacial score (nSPS) is 29.6. The van der Waals surface area contributed by atoms with Crippen LogP contribution in [0, 0.1) is 17.2 Å². The van der Waals surface area contributed by atoms with Crippen LogP contribution < -0.4 is 5.32 Å². The summed E-state index contributed by atoms with van der Waals surface area (Å²) in [6.07, 6.45) is 7.77. The quantitative estimate of drug-likeness (QED) is 0.793. The van der Waals surface area contributed by atoms with Gasteiger partial charge in [0.2, 0.25) is 5.91 Å². The largest absolute Gasteiger partial charge is 0.341 e. The molecule has 106 valence electrons. The first-order valence-electron chi connectivity index (χ1n) is 7.67. The molecule has 1 aliphatic carbocycles. The van der Waals surface area contributed by atoms with Gasteiger partial charge in [-0.15, -0.1) is 0 Å². The van der Waals surface area contributed by atoms with Gasteiger partial charge in [-0.3, -0.25) is 4.79 Å². The van der Waals surface area contributed by atoms with Gasteiger partial charge in [0.1, 0.15) is 0 Å².